The summed E-state index contributed by atoms with van der Waals surface area (Å²) < 4.78 is 2.59. The molecule has 2 heterocycles. The summed E-state index contributed by atoms with van der Waals surface area (Å²) in [5.74, 6) is 0. The number of nitriles is 1. The summed E-state index contributed by atoms with van der Waals surface area (Å²) in [6.45, 7) is 2.61. The second-order valence-corrected chi connectivity index (χ2v) is 5.63. The molecule has 4 nitrogen and oxygen atoms in total. The van der Waals surface area contributed by atoms with Crippen molar-refractivity contribution < 1.29 is 0 Å². The van der Waals surface area contributed by atoms with Crippen molar-refractivity contribution in [2.45, 2.75) is 13.5 Å². The fourth-order valence-corrected chi connectivity index (χ4v) is 2.94. The monoisotopic (exact) mass is 286 g/mol. The topological polar surface area (TPSA) is 57.4 Å². The van der Waals surface area contributed by atoms with Gasteiger partial charge in [0.15, 0.2) is 4.77 Å². The van der Waals surface area contributed by atoms with Gasteiger partial charge in [-0.3, -0.25) is 0 Å². The summed E-state index contributed by atoms with van der Waals surface area (Å²) in [7, 11) is 0. The number of imidazole rings is 1. The van der Waals surface area contributed by atoms with Gasteiger partial charge in [0.2, 0.25) is 0 Å². The normalized spacial score (nSPS) is 10.7. The molecule has 0 saturated carbocycles. The standard InChI is InChI=1S/C13H10N4S2/c1-8-15-10(7-19-8)6-17-11-4-2-3-9(5-14)12(11)16-13(17)18/h2-4,7H,6H2,1H3,(H,16,18). The Kier molecular flexibility index (Phi) is 2.93. The van der Waals surface area contributed by atoms with E-state index in [1.165, 1.54) is 0 Å². The van der Waals surface area contributed by atoms with Crippen LogP contribution in [0.4, 0.5) is 0 Å². The number of H-pyrrole nitrogens is 1. The highest BCUT2D eigenvalue weighted by molar-refractivity contribution is 7.71. The molecule has 0 bridgehead atoms. The second kappa shape index (κ2) is 4.61. The highest BCUT2D eigenvalue weighted by Crippen LogP contribution is 2.19. The molecule has 0 aliphatic carbocycles. The molecule has 0 aliphatic rings. The largest absolute Gasteiger partial charge is 0.329 e. The lowest BCUT2D eigenvalue weighted by Crippen LogP contribution is -2.00. The number of aromatic amines is 1. The molecule has 94 valence electrons. The summed E-state index contributed by atoms with van der Waals surface area (Å²) in [6.07, 6.45) is 0. The van der Waals surface area contributed by atoms with Crippen LogP contribution in [0.2, 0.25) is 0 Å². The van der Waals surface area contributed by atoms with Crippen LogP contribution < -0.4 is 0 Å². The smallest absolute Gasteiger partial charge is 0.178 e. The minimum Gasteiger partial charge on any atom is -0.329 e. The lowest BCUT2D eigenvalue weighted by molar-refractivity contribution is 0.789. The van der Waals surface area contributed by atoms with Crippen LogP contribution in [0.15, 0.2) is 23.6 Å². The van der Waals surface area contributed by atoms with Gasteiger partial charge in [0, 0.05) is 5.38 Å². The maximum Gasteiger partial charge on any atom is 0.178 e. The third-order valence-corrected chi connectivity index (χ3v) is 4.06. The Morgan fingerprint density at radius 3 is 3.05 bits per heavy atom. The first-order valence-electron chi connectivity index (χ1n) is 5.71. The number of thiazole rings is 1. The summed E-state index contributed by atoms with van der Waals surface area (Å²) in [5, 5.41) is 12.2. The number of rotatable bonds is 2. The Hall–Kier alpha value is -1.97. The number of aryl methyl sites for hydroxylation is 1. The van der Waals surface area contributed by atoms with E-state index in [9.17, 15) is 0 Å². The van der Waals surface area contributed by atoms with Gasteiger partial charge in [-0.05, 0) is 31.3 Å². The van der Waals surface area contributed by atoms with Gasteiger partial charge in [0.1, 0.15) is 6.07 Å². The Morgan fingerprint density at radius 2 is 2.37 bits per heavy atom. The number of hydrogen-bond donors (Lipinski definition) is 1. The summed E-state index contributed by atoms with van der Waals surface area (Å²) in [6, 6.07) is 7.78. The Balaban J connectivity index is 2.17. The molecule has 0 aliphatic heterocycles. The molecule has 19 heavy (non-hydrogen) atoms. The Morgan fingerprint density at radius 1 is 1.53 bits per heavy atom. The van der Waals surface area contributed by atoms with Crippen LogP contribution >= 0.6 is 23.6 Å². The van der Waals surface area contributed by atoms with Gasteiger partial charge in [-0.25, -0.2) is 4.98 Å². The number of benzene rings is 1. The fraction of sp³-hybridized carbons (Fsp3) is 0.154. The molecule has 1 aromatic carbocycles. The van der Waals surface area contributed by atoms with Crippen LogP contribution in [-0.2, 0) is 6.54 Å². The predicted molar refractivity (Wildman–Crippen MR) is 77.8 cm³/mol. The number of aromatic nitrogens is 3. The molecule has 0 saturated heterocycles. The molecule has 1 N–H and O–H groups in total. The zero-order valence-electron chi connectivity index (χ0n) is 10.2. The number of hydrogen-bond acceptors (Lipinski definition) is 4. The van der Waals surface area contributed by atoms with Crippen molar-refractivity contribution in [3.63, 3.8) is 0 Å². The van der Waals surface area contributed by atoms with Crippen molar-refractivity contribution in [3.8, 4) is 6.07 Å². The van der Waals surface area contributed by atoms with Gasteiger partial charge >= 0.3 is 0 Å². The van der Waals surface area contributed by atoms with Gasteiger partial charge in [0.25, 0.3) is 0 Å². The molecular weight excluding hydrogens is 276 g/mol. The molecule has 0 radical (unpaired) electrons. The van der Waals surface area contributed by atoms with E-state index >= 15 is 0 Å². The van der Waals surface area contributed by atoms with Gasteiger partial charge in [-0.15, -0.1) is 11.3 Å². The SMILES string of the molecule is Cc1nc(Cn2c(=S)[nH]c3c(C#N)cccc32)cs1. The number of nitrogens with one attached hydrogen (secondary N) is 1. The van der Waals surface area contributed by atoms with Crippen molar-refractivity contribution in [2.75, 3.05) is 0 Å². The molecule has 0 spiro atoms. The highest BCUT2D eigenvalue weighted by Gasteiger charge is 2.09. The van der Waals surface area contributed by atoms with Gasteiger partial charge in [-0.2, -0.15) is 5.26 Å². The predicted octanol–water partition coefficient (Wildman–Crippen LogP) is 3.38. The van der Waals surface area contributed by atoms with Crippen LogP contribution in [0.3, 0.4) is 0 Å². The van der Waals surface area contributed by atoms with Crippen molar-refractivity contribution in [1.82, 2.24) is 14.5 Å². The molecule has 0 unspecified atom stereocenters. The van der Waals surface area contributed by atoms with Crippen molar-refractivity contribution in [2.24, 2.45) is 0 Å². The van der Waals surface area contributed by atoms with E-state index in [-0.39, 0.29) is 0 Å². The Bertz CT molecular complexity index is 848. The molecule has 0 amide bonds. The van der Waals surface area contributed by atoms with E-state index in [2.05, 4.69) is 16.0 Å². The van der Waals surface area contributed by atoms with E-state index in [0.717, 1.165) is 21.7 Å². The first-order valence-corrected chi connectivity index (χ1v) is 7.00. The second-order valence-electron chi connectivity index (χ2n) is 4.19. The van der Waals surface area contributed by atoms with Crippen LogP contribution in [0, 0.1) is 23.0 Å². The third kappa shape index (κ3) is 2.07. The lowest BCUT2D eigenvalue weighted by Gasteiger charge is -2.01. The third-order valence-electron chi connectivity index (χ3n) is 2.92. The number of para-hydroxylation sites is 1. The minimum atomic E-state index is 0.608. The van der Waals surface area contributed by atoms with Crippen LogP contribution in [0.5, 0.6) is 0 Å². The van der Waals surface area contributed by atoms with Crippen molar-refractivity contribution in [3.05, 3.63) is 44.6 Å². The van der Waals surface area contributed by atoms with Gasteiger partial charge in [-0.1, -0.05) is 6.07 Å². The van der Waals surface area contributed by atoms with E-state index in [4.69, 9.17) is 17.5 Å². The van der Waals surface area contributed by atoms with Crippen molar-refractivity contribution in [1.29, 1.82) is 5.26 Å². The number of nitrogens with zero attached hydrogens (tertiary/aromatic N) is 3. The minimum absolute atomic E-state index is 0.608. The molecule has 0 fully saturated rings. The van der Waals surface area contributed by atoms with Crippen molar-refractivity contribution >= 4 is 34.6 Å². The summed E-state index contributed by atoms with van der Waals surface area (Å²) >= 11 is 6.96. The van der Waals surface area contributed by atoms with E-state index in [1.54, 1.807) is 17.4 Å². The quantitative estimate of drug-likeness (QED) is 0.735. The molecular formula is C13H10N4S2. The fourth-order valence-electron chi connectivity index (χ4n) is 2.07. The lowest BCUT2D eigenvalue weighted by atomic mass is 10.2. The first kappa shape index (κ1) is 12.1. The summed E-state index contributed by atoms with van der Waals surface area (Å²) in [4.78, 5) is 7.55. The Labute approximate surface area is 119 Å². The summed E-state index contributed by atoms with van der Waals surface area (Å²) in [5.41, 5.74) is 3.33. The van der Waals surface area contributed by atoms with Gasteiger partial charge in [0.05, 0.1) is 33.8 Å². The molecule has 3 rings (SSSR count). The average Bonchev–Trinajstić information content (AvgIpc) is 2.94. The molecule has 0 atom stereocenters. The first-order chi connectivity index (χ1) is 9.19. The maximum atomic E-state index is 9.10. The number of fused-ring (bicyclic) bond motifs is 1. The zero-order chi connectivity index (χ0) is 13.4. The van der Waals surface area contributed by atoms with Crippen LogP contribution in [0.1, 0.15) is 16.3 Å². The van der Waals surface area contributed by atoms with Crippen LogP contribution in [0.25, 0.3) is 11.0 Å². The molecule has 6 heteroatoms. The highest BCUT2D eigenvalue weighted by atomic mass is 32.1. The van der Waals surface area contributed by atoms with Crippen LogP contribution in [-0.4, -0.2) is 14.5 Å². The maximum absolute atomic E-state index is 9.10. The zero-order valence-corrected chi connectivity index (χ0v) is 11.8. The van der Waals surface area contributed by atoms with E-state index in [1.807, 2.05) is 29.0 Å². The van der Waals surface area contributed by atoms with E-state index in [0.29, 0.717) is 16.9 Å². The van der Waals surface area contributed by atoms with Gasteiger partial charge < -0.3 is 9.55 Å². The molecule has 2 aromatic heterocycles. The molecule has 3 aromatic rings. The average molecular weight is 286 g/mol. The van der Waals surface area contributed by atoms with E-state index < -0.39 is 0 Å².